The van der Waals surface area contributed by atoms with Crippen LogP contribution >= 0.6 is 0 Å². The third kappa shape index (κ3) is 13.5. The third-order valence-corrected chi connectivity index (χ3v) is 5.45. The largest absolute Gasteiger partial charge is 0.490 e. The van der Waals surface area contributed by atoms with Crippen LogP contribution in [0.3, 0.4) is 0 Å². The first-order valence-electron chi connectivity index (χ1n) is 12.3. The molecule has 212 valence electrons. The number of carbonyl (C=O) groups excluding carboxylic acids is 2. The summed E-state index contributed by atoms with van der Waals surface area (Å²) in [6, 6.07) is 5.48. The van der Waals surface area contributed by atoms with E-state index in [0.717, 1.165) is 24.0 Å². The minimum atomic E-state index is -5.08. The number of aliphatic carboxylic acids is 1. The van der Waals surface area contributed by atoms with Gasteiger partial charge in [0.05, 0.1) is 12.5 Å². The van der Waals surface area contributed by atoms with Crippen molar-refractivity contribution >= 4 is 17.8 Å². The lowest BCUT2D eigenvalue weighted by atomic mass is 9.89. The molecule has 0 fully saturated rings. The van der Waals surface area contributed by atoms with Gasteiger partial charge >= 0.3 is 18.1 Å². The lowest BCUT2D eigenvalue weighted by Gasteiger charge is -2.26. The molecule has 0 aliphatic heterocycles. The van der Waals surface area contributed by atoms with Crippen LogP contribution in [0.1, 0.15) is 90.2 Å². The normalized spacial score (nSPS) is 12.6. The topological polar surface area (TPSA) is 145 Å². The molecule has 0 saturated carbocycles. The number of alkyl halides is 3. The van der Waals surface area contributed by atoms with E-state index in [1.807, 2.05) is 32.0 Å². The fourth-order valence-corrected chi connectivity index (χ4v) is 3.30. The Morgan fingerprint density at radius 2 is 1.51 bits per heavy atom. The molecule has 0 aliphatic rings. The van der Waals surface area contributed by atoms with E-state index < -0.39 is 23.6 Å². The number of esters is 1. The second-order valence-corrected chi connectivity index (χ2v) is 10.3. The zero-order valence-corrected chi connectivity index (χ0v) is 22.6. The van der Waals surface area contributed by atoms with Crippen LogP contribution in [0.25, 0.3) is 0 Å². The number of rotatable bonds is 12. The van der Waals surface area contributed by atoms with Crippen LogP contribution in [0.5, 0.6) is 5.75 Å². The van der Waals surface area contributed by atoms with Gasteiger partial charge in [-0.3, -0.25) is 9.59 Å². The molecule has 0 aromatic heterocycles. The highest BCUT2D eigenvalue weighted by Crippen LogP contribution is 2.35. The van der Waals surface area contributed by atoms with Crippen molar-refractivity contribution in [3.63, 3.8) is 0 Å². The van der Waals surface area contributed by atoms with Gasteiger partial charge in [-0.15, -0.1) is 0 Å². The number of halogens is 3. The van der Waals surface area contributed by atoms with E-state index in [-0.39, 0.29) is 30.1 Å². The summed E-state index contributed by atoms with van der Waals surface area (Å²) in [7, 11) is 0. The van der Waals surface area contributed by atoms with Gasteiger partial charge in [-0.1, -0.05) is 66.2 Å². The number of carboxylic acids is 1. The van der Waals surface area contributed by atoms with Crippen LogP contribution in [-0.2, 0) is 14.4 Å². The molecule has 0 heterocycles. The number of hydrogen-bond donors (Lipinski definition) is 4. The van der Waals surface area contributed by atoms with Gasteiger partial charge in [0.25, 0.3) is 0 Å². The van der Waals surface area contributed by atoms with Crippen LogP contribution in [0.4, 0.5) is 13.2 Å². The molecule has 0 radical (unpaired) electrons. The molecule has 37 heavy (non-hydrogen) atoms. The second-order valence-electron chi connectivity index (χ2n) is 10.3. The number of ether oxygens (including phenoxy) is 1. The molecule has 0 unspecified atom stereocenters. The summed E-state index contributed by atoms with van der Waals surface area (Å²) in [5.41, 5.74) is 13.0. The maximum atomic E-state index is 12.8. The van der Waals surface area contributed by atoms with Gasteiger partial charge in [0, 0.05) is 6.54 Å². The molecule has 1 atom stereocenters. The first-order valence-corrected chi connectivity index (χ1v) is 12.3. The highest BCUT2D eigenvalue weighted by molar-refractivity contribution is 5.81. The minimum absolute atomic E-state index is 0.194. The van der Waals surface area contributed by atoms with Crippen molar-refractivity contribution < 1.29 is 37.4 Å². The number of amides is 1. The Morgan fingerprint density at radius 3 is 1.92 bits per heavy atom. The number of unbranched alkanes of at least 4 members (excludes halogenated alkanes) is 1. The van der Waals surface area contributed by atoms with E-state index in [9.17, 15) is 22.8 Å². The summed E-state index contributed by atoms with van der Waals surface area (Å²) in [6.45, 7) is 13.2. The molecule has 11 heteroatoms. The number of carboxylic acid groups (broad SMARTS) is 1. The Bertz CT molecular complexity index is 860. The van der Waals surface area contributed by atoms with Crippen molar-refractivity contribution in [3.05, 3.63) is 29.3 Å². The predicted octanol–water partition coefficient (Wildman–Crippen LogP) is 4.46. The Balaban J connectivity index is 0.00000161. The Kier molecular flexibility index (Phi) is 14.4. The van der Waals surface area contributed by atoms with Crippen LogP contribution in [0.15, 0.2) is 18.2 Å². The lowest BCUT2D eigenvalue weighted by molar-refractivity contribution is -0.192. The van der Waals surface area contributed by atoms with Gasteiger partial charge in [0.15, 0.2) is 0 Å². The summed E-state index contributed by atoms with van der Waals surface area (Å²) in [4.78, 5) is 33.9. The lowest BCUT2D eigenvalue weighted by Crippen LogP contribution is -2.44. The minimum Gasteiger partial charge on any atom is -0.475 e. The average Bonchev–Trinajstić information content (AvgIpc) is 2.76. The van der Waals surface area contributed by atoms with Crippen molar-refractivity contribution in [1.82, 2.24) is 5.32 Å². The summed E-state index contributed by atoms with van der Waals surface area (Å²) in [5.74, 6) is -2.07. The third-order valence-electron chi connectivity index (χ3n) is 5.45. The molecule has 0 spiro atoms. The van der Waals surface area contributed by atoms with Crippen molar-refractivity contribution in [2.75, 3.05) is 13.1 Å². The zero-order valence-electron chi connectivity index (χ0n) is 22.6. The van der Waals surface area contributed by atoms with E-state index >= 15 is 0 Å². The molecule has 1 amide bonds. The molecular weight excluding hydrogens is 491 g/mol. The molecule has 6 N–H and O–H groups in total. The number of nitrogens with one attached hydrogen (secondary N) is 1. The fraction of sp³-hybridized carbons (Fsp3) is 0.654. The van der Waals surface area contributed by atoms with Gasteiger partial charge in [-0.25, -0.2) is 4.79 Å². The van der Waals surface area contributed by atoms with Crippen LogP contribution in [0, 0.1) is 5.41 Å². The van der Waals surface area contributed by atoms with Crippen LogP contribution in [0.2, 0.25) is 0 Å². The molecule has 1 rings (SSSR count). The highest BCUT2D eigenvalue weighted by Gasteiger charge is 2.38. The molecule has 1 aromatic carbocycles. The number of para-hydroxylation sites is 1. The van der Waals surface area contributed by atoms with Crippen molar-refractivity contribution in [2.24, 2.45) is 16.9 Å². The SMILES string of the molecule is CC(C)c1cccc(C(C)C)c1OC(=O)CC(C)(C)CNC(=O)[C@@H](N)CCCCN.O=C(O)C(F)(F)F. The molecule has 0 bridgehead atoms. The number of carbonyl (C=O) groups is 3. The molecule has 8 nitrogen and oxygen atoms in total. The molecule has 0 saturated heterocycles. The second kappa shape index (κ2) is 15.6. The van der Waals surface area contributed by atoms with Crippen LogP contribution < -0.4 is 21.5 Å². The number of hydrogen-bond acceptors (Lipinski definition) is 6. The summed E-state index contributed by atoms with van der Waals surface area (Å²) in [6.07, 6.45) is -2.60. The van der Waals surface area contributed by atoms with E-state index in [0.29, 0.717) is 25.3 Å². The van der Waals surface area contributed by atoms with Crippen molar-refractivity contribution in [3.8, 4) is 5.75 Å². The maximum absolute atomic E-state index is 12.8. The Labute approximate surface area is 217 Å². The maximum Gasteiger partial charge on any atom is 0.490 e. The van der Waals surface area contributed by atoms with Gasteiger partial charge in [-0.2, -0.15) is 13.2 Å². The molecule has 0 aliphatic carbocycles. The predicted molar refractivity (Wildman–Crippen MR) is 136 cm³/mol. The Hall–Kier alpha value is -2.66. The first-order chi connectivity index (χ1) is 16.9. The van der Waals surface area contributed by atoms with Crippen molar-refractivity contribution in [1.29, 1.82) is 0 Å². The summed E-state index contributed by atoms with van der Waals surface area (Å²) < 4.78 is 37.6. The van der Waals surface area contributed by atoms with Gasteiger partial charge in [-0.05, 0) is 47.8 Å². The summed E-state index contributed by atoms with van der Waals surface area (Å²) in [5, 5.41) is 10.0. The first kappa shape index (κ1) is 34.3. The monoisotopic (exact) mass is 533 g/mol. The fourth-order valence-electron chi connectivity index (χ4n) is 3.30. The standard InChI is InChI=1S/C24H41N3O3.C2HF3O2/c1-16(2)18-10-9-11-19(17(3)4)22(18)30-21(28)14-24(5,6)15-27-23(29)20(26)12-7-8-13-25;3-2(4,5)1(6)7/h9-11,16-17,20H,7-8,12-15,25-26H2,1-6H3,(H,27,29);(H,6,7)/t20-;/m0./s1. The zero-order chi connectivity index (χ0) is 29.0. The van der Waals surface area contributed by atoms with Crippen LogP contribution in [-0.4, -0.2) is 48.3 Å². The average molecular weight is 534 g/mol. The van der Waals surface area contributed by atoms with Gasteiger partial charge < -0.3 is 26.6 Å². The number of benzene rings is 1. The highest BCUT2D eigenvalue weighted by atomic mass is 19.4. The smallest absolute Gasteiger partial charge is 0.475 e. The Morgan fingerprint density at radius 1 is 1.03 bits per heavy atom. The molecule has 1 aromatic rings. The van der Waals surface area contributed by atoms with E-state index in [1.54, 1.807) is 0 Å². The van der Waals surface area contributed by atoms with E-state index in [1.165, 1.54) is 0 Å². The summed E-state index contributed by atoms with van der Waals surface area (Å²) >= 11 is 0. The van der Waals surface area contributed by atoms with Gasteiger partial charge in [0.2, 0.25) is 5.91 Å². The van der Waals surface area contributed by atoms with E-state index in [2.05, 4.69) is 33.0 Å². The van der Waals surface area contributed by atoms with Gasteiger partial charge in [0.1, 0.15) is 5.75 Å². The van der Waals surface area contributed by atoms with E-state index in [4.69, 9.17) is 26.1 Å². The van der Waals surface area contributed by atoms with Crippen molar-refractivity contribution in [2.45, 2.75) is 91.3 Å². The molecular formula is C26H42F3N3O5. The number of nitrogens with two attached hydrogens (primary N) is 2. The quantitative estimate of drug-likeness (QED) is 0.176.